The number of nitrogen functional groups attached to an aromatic ring is 1. The Balaban J connectivity index is 1.67. The van der Waals surface area contributed by atoms with Crippen LogP contribution in [-0.4, -0.2) is 29.1 Å². The summed E-state index contributed by atoms with van der Waals surface area (Å²) in [5, 5.41) is 6.04. The number of carbonyl (C=O) groups is 1. The van der Waals surface area contributed by atoms with E-state index < -0.39 is 0 Å². The van der Waals surface area contributed by atoms with Gasteiger partial charge in [0.15, 0.2) is 0 Å². The minimum absolute atomic E-state index is 0.150. The minimum Gasteiger partial charge on any atom is -0.367 e. The normalized spacial score (nSPS) is 16.4. The fraction of sp³-hybridized carbons (Fsp3) is 0.467. The van der Waals surface area contributed by atoms with Gasteiger partial charge in [0.1, 0.15) is 0 Å². The molecular weight excluding hydrogens is 286 g/mol. The van der Waals surface area contributed by atoms with E-state index in [0.717, 1.165) is 47.6 Å². The van der Waals surface area contributed by atoms with Crippen LogP contribution >= 0.6 is 11.3 Å². The standard InChI is InChI=1S/C15H19N3O2S/c1-9-5-8-21-13(9)15(19)18-6-3-11(4-7-18)12-10(2)14(16)20-17-12/h5,8,11H,3-4,6-7,16H2,1-2H3. The highest BCUT2D eigenvalue weighted by molar-refractivity contribution is 7.12. The van der Waals surface area contributed by atoms with Crippen LogP contribution in [0.3, 0.4) is 0 Å². The SMILES string of the molecule is Cc1ccsc1C(=O)N1CCC(c2noc(N)c2C)CC1. The topological polar surface area (TPSA) is 72.4 Å². The fourth-order valence-electron chi connectivity index (χ4n) is 2.83. The fourth-order valence-corrected chi connectivity index (χ4v) is 3.73. The van der Waals surface area contributed by atoms with Gasteiger partial charge in [-0.3, -0.25) is 4.79 Å². The number of amides is 1. The monoisotopic (exact) mass is 305 g/mol. The summed E-state index contributed by atoms with van der Waals surface area (Å²) >= 11 is 1.52. The quantitative estimate of drug-likeness (QED) is 0.926. The molecule has 1 amide bonds. The molecule has 0 radical (unpaired) electrons. The Morgan fingerprint density at radius 3 is 2.67 bits per heavy atom. The maximum Gasteiger partial charge on any atom is 0.264 e. The van der Waals surface area contributed by atoms with E-state index in [9.17, 15) is 4.79 Å². The van der Waals surface area contributed by atoms with Crippen molar-refractivity contribution in [3.05, 3.63) is 33.1 Å². The van der Waals surface area contributed by atoms with Gasteiger partial charge in [0, 0.05) is 24.6 Å². The number of aromatic nitrogens is 1. The Hall–Kier alpha value is -1.82. The molecule has 0 saturated carbocycles. The molecule has 21 heavy (non-hydrogen) atoms. The van der Waals surface area contributed by atoms with Crippen LogP contribution < -0.4 is 5.73 Å². The van der Waals surface area contributed by atoms with Crippen molar-refractivity contribution in [1.29, 1.82) is 0 Å². The van der Waals surface area contributed by atoms with Crippen molar-refractivity contribution in [1.82, 2.24) is 10.1 Å². The number of aryl methyl sites for hydroxylation is 1. The lowest BCUT2D eigenvalue weighted by Gasteiger charge is -2.31. The molecule has 6 heteroatoms. The second-order valence-electron chi connectivity index (χ2n) is 5.56. The van der Waals surface area contributed by atoms with Crippen LogP contribution in [0.2, 0.25) is 0 Å². The van der Waals surface area contributed by atoms with Gasteiger partial charge in [-0.2, -0.15) is 0 Å². The summed E-state index contributed by atoms with van der Waals surface area (Å²) in [4.78, 5) is 15.3. The van der Waals surface area contributed by atoms with Crippen LogP contribution in [0.1, 0.15) is 45.3 Å². The Morgan fingerprint density at radius 2 is 2.14 bits per heavy atom. The largest absolute Gasteiger partial charge is 0.367 e. The number of anilines is 1. The number of nitrogens with zero attached hydrogens (tertiary/aromatic N) is 2. The van der Waals surface area contributed by atoms with Gasteiger partial charge in [-0.05, 0) is 43.7 Å². The van der Waals surface area contributed by atoms with E-state index in [1.165, 1.54) is 11.3 Å². The molecule has 0 bridgehead atoms. The lowest BCUT2D eigenvalue weighted by Crippen LogP contribution is -2.38. The molecule has 3 heterocycles. The number of hydrogen-bond acceptors (Lipinski definition) is 5. The van der Waals surface area contributed by atoms with Crippen molar-refractivity contribution in [2.45, 2.75) is 32.6 Å². The second-order valence-corrected chi connectivity index (χ2v) is 6.47. The summed E-state index contributed by atoms with van der Waals surface area (Å²) in [7, 11) is 0. The number of piperidine rings is 1. The molecule has 0 aromatic carbocycles. The molecule has 5 nitrogen and oxygen atoms in total. The lowest BCUT2D eigenvalue weighted by molar-refractivity contribution is 0.0715. The number of hydrogen-bond donors (Lipinski definition) is 1. The maximum absolute atomic E-state index is 12.5. The van der Waals surface area contributed by atoms with Gasteiger partial charge in [-0.15, -0.1) is 11.3 Å². The van der Waals surface area contributed by atoms with E-state index in [2.05, 4.69) is 5.16 Å². The van der Waals surface area contributed by atoms with Gasteiger partial charge >= 0.3 is 0 Å². The van der Waals surface area contributed by atoms with E-state index in [1.54, 1.807) is 0 Å². The highest BCUT2D eigenvalue weighted by Gasteiger charge is 2.28. The van der Waals surface area contributed by atoms with Gasteiger partial charge in [0.2, 0.25) is 5.88 Å². The number of thiophene rings is 1. The van der Waals surface area contributed by atoms with Crippen LogP contribution in [0.4, 0.5) is 5.88 Å². The average molecular weight is 305 g/mol. The Morgan fingerprint density at radius 1 is 1.43 bits per heavy atom. The van der Waals surface area contributed by atoms with Gasteiger partial charge in [-0.25, -0.2) is 0 Å². The number of rotatable bonds is 2. The Bertz CT molecular complexity index is 654. The molecule has 1 aliphatic heterocycles. The van der Waals surface area contributed by atoms with Crippen LogP contribution in [0.25, 0.3) is 0 Å². The van der Waals surface area contributed by atoms with Crippen molar-refractivity contribution in [2.75, 3.05) is 18.8 Å². The van der Waals surface area contributed by atoms with Crippen molar-refractivity contribution < 1.29 is 9.32 Å². The van der Waals surface area contributed by atoms with Crippen molar-refractivity contribution in [2.24, 2.45) is 0 Å². The zero-order valence-corrected chi connectivity index (χ0v) is 13.1. The molecule has 3 rings (SSSR count). The van der Waals surface area contributed by atoms with E-state index >= 15 is 0 Å². The minimum atomic E-state index is 0.150. The van der Waals surface area contributed by atoms with Gasteiger partial charge in [0.25, 0.3) is 5.91 Å². The maximum atomic E-state index is 12.5. The third kappa shape index (κ3) is 2.55. The molecule has 1 aliphatic rings. The molecule has 2 aromatic heterocycles. The molecule has 0 unspecified atom stereocenters. The smallest absolute Gasteiger partial charge is 0.264 e. The molecule has 2 aromatic rings. The first-order valence-corrected chi connectivity index (χ1v) is 8.01. The summed E-state index contributed by atoms with van der Waals surface area (Å²) in [5.41, 5.74) is 8.66. The van der Waals surface area contributed by atoms with Gasteiger partial charge in [0.05, 0.1) is 10.6 Å². The first-order valence-electron chi connectivity index (χ1n) is 7.13. The van der Waals surface area contributed by atoms with Gasteiger partial charge in [-0.1, -0.05) is 5.16 Å². The molecule has 0 atom stereocenters. The van der Waals surface area contributed by atoms with Crippen LogP contribution in [-0.2, 0) is 0 Å². The average Bonchev–Trinajstić information content (AvgIpc) is 3.06. The van der Waals surface area contributed by atoms with Gasteiger partial charge < -0.3 is 15.2 Å². The van der Waals surface area contributed by atoms with E-state index in [0.29, 0.717) is 11.8 Å². The molecule has 112 valence electrons. The molecule has 0 aliphatic carbocycles. The Labute approximate surface area is 127 Å². The van der Waals surface area contributed by atoms with E-state index in [1.807, 2.05) is 30.2 Å². The zero-order chi connectivity index (χ0) is 15.0. The number of nitrogens with two attached hydrogens (primary N) is 1. The van der Waals surface area contributed by atoms with Crippen molar-refractivity contribution in [3.8, 4) is 0 Å². The van der Waals surface area contributed by atoms with E-state index in [-0.39, 0.29) is 5.91 Å². The molecule has 1 fully saturated rings. The third-order valence-electron chi connectivity index (χ3n) is 4.22. The third-order valence-corrected chi connectivity index (χ3v) is 5.23. The number of carbonyl (C=O) groups excluding carboxylic acids is 1. The second kappa shape index (κ2) is 5.52. The Kier molecular flexibility index (Phi) is 3.71. The van der Waals surface area contributed by atoms with Crippen molar-refractivity contribution in [3.63, 3.8) is 0 Å². The van der Waals surface area contributed by atoms with Crippen molar-refractivity contribution >= 4 is 23.1 Å². The molecule has 2 N–H and O–H groups in total. The molecular formula is C15H19N3O2S. The molecule has 1 saturated heterocycles. The number of likely N-dealkylation sites (tertiary alicyclic amines) is 1. The summed E-state index contributed by atoms with van der Waals surface area (Å²) < 4.78 is 5.05. The predicted octanol–water partition coefficient (Wildman–Crippen LogP) is 2.95. The van der Waals surface area contributed by atoms with Crippen LogP contribution in [0, 0.1) is 13.8 Å². The summed E-state index contributed by atoms with van der Waals surface area (Å²) in [6.07, 6.45) is 1.81. The van der Waals surface area contributed by atoms with Crippen LogP contribution in [0.15, 0.2) is 16.0 Å². The lowest BCUT2D eigenvalue weighted by atomic mass is 9.91. The molecule has 0 spiro atoms. The zero-order valence-electron chi connectivity index (χ0n) is 12.3. The highest BCUT2D eigenvalue weighted by atomic mass is 32.1. The summed E-state index contributed by atoms with van der Waals surface area (Å²) in [6, 6.07) is 1.99. The van der Waals surface area contributed by atoms with E-state index in [4.69, 9.17) is 10.3 Å². The first kappa shape index (κ1) is 14.1. The summed E-state index contributed by atoms with van der Waals surface area (Å²) in [5.74, 6) is 0.884. The highest BCUT2D eigenvalue weighted by Crippen LogP contribution is 2.32. The van der Waals surface area contributed by atoms with Crippen LogP contribution in [0.5, 0.6) is 0 Å². The summed E-state index contributed by atoms with van der Waals surface area (Å²) in [6.45, 7) is 5.44. The first-order chi connectivity index (χ1) is 10.1. The predicted molar refractivity (Wildman–Crippen MR) is 82.6 cm³/mol.